The first-order valence-electron chi connectivity index (χ1n) is 10.0. The standard InChI is InChI=1S/C22H16ClF2N3O5S/c1-32-19-5-10-3-2-4-16-12-7-18(21(29)20(23)22(12)33-27-16)34(30,31)28-17-6-11(13(10)9-26-19)14(24)8-15(17)25/h5-9,28-29H,2-4H2,1H3. The van der Waals surface area contributed by atoms with E-state index in [1.807, 2.05) is 0 Å². The average Bonchev–Trinajstić information content (AvgIpc) is 3.20. The Morgan fingerprint density at radius 1 is 1.15 bits per heavy atom. The molecule has 0 radical (unpaired) electrons. The van der Waals surface area contributed by atoms with E-state index in [2.05, 4.69) is 14.9 Å². The van der Waals surface area contributed by atoms with E-state index in [1.54, 1.807) is 6.07 Å². The summed E-state index contributed by atoms with van der Waals surface area (Å²) < 4.78 is 68.2. The van der Waals surface area contributed by atoms with Gasteiger partial charge < -0.3 is 14.4 Å². The van der Waals surface area contributed by atoms with Gasteiger partial charge in [-0.25, -0.2) is 22.2 Å². The summed E-state index contributed by atoms with van der Waals surface area (Å²) >= 11 is 6.16. The van der Waals surface area contributed by atoms with Crippen molar-refractivity contribution >= 4 is 38.3 Å². The summed E-state index contributed by atoms with van der Waals surface area (Å²) in [6.45, 7) is 0. The average molecular weight is 508 g/mol. The second-order valence-electron chi connectivity index (χ2n) is 7.70. The number of sulfonamides is 1. The molecule has 34 heavy (non-hydrogen) atoms. The van der Waals surface area contributed by atoms with Crippen molar-refractivity contribution in [3.63, 3.8) is 0 Å². The third-order valence-corrected chi connectivity index (χ3v) is 7.36. The Bertz CT molecular complexity index is 1570. The van der Waals surface area contributed by atoms with Gasteiger partial charge in [-0.05, 0) is 37.0 Å². The van der Waals surface area contributed by atoms with Crippen molar-refractivity contribution in [3.05, 3.63) is 58.4 Å². The van der Waals surface area contributed by atoms with Gasteiger partial charge in [-0.3, -0.25) is 4.72 Å². The zero-order valence-corrected chi connectivity index (χ0v) is 19.1. The fourth-order valence-electron chi connectivity index (χ4n) is 3.95. The van der Waals surface area contributed by atoms with Gasteiger partial charge in [0.2, 0.25) is 5.88 Å². The number of nitrogens with one attached hydrogen (secondary N) is 1. The number of hydrogen-bond donors (Lipinski definition) is 2. The number of phenolic OH excluding ortho intramolecular Hbond substituents is 1. The Morgan fingerprint density at radius 2 is 1.94 bits per heavy atom. The highest BCUT2D eigenvalue weighted by Crippen LogP contribution is 2.41. The third kappa shape index (κ3) is 3.61. The summed E-state index contributed by atoms with van der Waals surface area (Å²) in [5.74, 6) is -2.51. The van der Waals surface area contributed by atoms with Gasteiger partial charge in [0, 0.05) is 34.8 Å². The molecule has 4 aromatic rings. The number of aromatic nitrogens is 2. The van der Waals surface area contributed by atoms with E-state index in [1.165, 1.54) is 19.4 Å². The molecule has 12 heteroatoms. The number of hydrogen-bond acceptors (Lipinski definition) is 7. The van der Waals surface area contributed by atoms with Crippen molar-refractivity contribution in [1.82, 2.24) is 10.1 Å². The lowest BCUT2D eigenvalue weighted by molar-refractivity contribution is 0.397. The number of anilines is 1. The molecule has 0 spiro atoms. The lowest BCUT2D eigenvalue weighted by Crippen LogP contribution is -2.15. The molecule has 5 rings (SSSR count). The predicted molar refractivity (Wildman–Crippen MR) is 120 cm³/mol. The maximum absolute atomic E-state index is 14.8. The molecule has 2 aromatic heterocycles. The van der Waals surface area contributed by atoms with Crippen molar-refractivity contribution in [3.8, 4) is 22.8 Å². The van der Waals surface area contributed by atoms with Crippen LogP contribution in [0.2, 0.25) is 5.02 Å². The first-order valence-corrected chi connectivity index (χ1v) is 11.9. The lowest BCUT2D eigenvalue weighted by Gasteiger charge is -2.16. The van der Waals surface area contributed by atoms with Gasteiger partial charge in [-0.1, -0.05) is 16.8 Å². The molecule has 4 bridgehead atoms. The minimum absolute atomic E-state index is 0.0294. The molecule has 8 nitrogen and oxygen atoms in total. The summed E-state index contributed by atoms with van der Waals surface area (Å²) in [6, 6.07) is 4.44. The largest absolute Gasteiger partial charge is 0.505 e. The quantitative estimate of drug-likeness (QED) is 0.379. The van der Waals surface area contributed by atoms with Crippen LogP contribution in [0.25, 0.3) is 22.1 Å². The highest BCUT2D eigenvalue weighted by atomic mass is 35.5. The molecule has 0 unspecified atom stereocenters. The number of phenols is 1. The Kier molecular flexibility index (Phi) is 5.33. The number of aromatic hydroxyl groups is 1. The lowest BCUT2D eigenvalue weighted by atomic mass is 9.96. The molecule has 0 atom stereocenters. The molecule has 0 saturated heterocycles. The van der Waals surface area contributed by atoms with E-state index < -0.39 is 38.0 Å². The number of halogens is 3. The van der Waals surface area contributed by atoms with Crippen LogP contribution < -0.4 is 9.46 Å². The number of rotatable bonds is 1. The number of nitrogens with zero attached hydrogens (tertiary/aromatic N) is 2. The molecular weight excluding hydrogens is 492 g/mol. The molecule has 0 saturated carbocycles. The van der Waals surface area contributed by atoms with Crippen LogP contribution >= 0.6 is 11.6 Å². The fraction of sp³-hybridized carbons (Fsp3) is 0.182. The molecule has 176 valence electrons. The van der Waals surface area contributed by atoms with E-state index >= 15 is 0 Å². The van der Waals surface area contributed by atoms with Crippen LogP contribution in [0.4, 0.5) is 14.5 Å². The predicted octanol–water partition coefficient (Wildman–Crippen LogP) is 4.83. The zero-order chi connectivity index (χ0) is 24.2. The summed E-state index contributed by atoms with van der Waals surface area (Å²) in [6.07, 6.45) is 2.70. The Hall–Kier alpha value is -3.44. The Balaban J connectivity index is 1.78. The Morgan fingerprint density at radius 3 is 2.71 bits per heavy atom. The van der Waals surface area contributed by atoms with E-state index in [9.17, 15) is 22.3 Å². The molecule has 2 N–H and O–H groups in total. The minimum atomic E-state index is -4.55. The SMILES string of the molecule is COc1cc2c(cn1)-c1cc(c(F)cc1F)NS(=O)(=O)c1cc3c(noc3c(Cl)c1O)CCC2. The molecule has 1 aliphatic rings. The molecule has 3 heterocycles. The van der Waals surface area contributed by atoms with E-state index in [-0.39, 0.29) is 16.2 Å². The van der Waals surface area contributed by atoms with E-state index in [0.29, 0.717) is 53.4 Å². The summed E-state index contributed by atoms with van der Waals surface area (Å²) in [7, 11) is -3.10. The van der Waals surface area contributed by atoms with Gasteiger partial charge in [0.15, 0.2) is 11.3 Å². The summed E-state index contributed by atoms with van der Waals surface area (Å²) in [4.78, 5) is 3.53. The van der Waals surface area contributed by atoms with Crippen molar-refractivity contribution in [2.24, 2.45) is 0 Å². The van der Waals surface area contributed by atoms with Crippen LogP contribution in [0.3, 0.4) is 0 Å². The second kappa shape index (κ2) is 8.10. The van der Waals surface area contributed by atoms with Gasteiger partial charge in [0.1, 0.15) is 21.6 Å². The highest BCUT2D eigenvalue weighted by Gasteiger charge is 2.28. The van der Waals surface area contributed by atoms with Crippen LogP contribution in [0.1, 0.15) is 17.7 Å². The van der Waals surface area contributed by atoms with Crippen LogP contribution in [0.15, 0.2) is 39.9 Å². The second-order valence-corrected chi connectivity index (χ2v) is 9.73. The smallest absolute Gasteiger partial charge is 0.265 e. The van der Waals surface area contributed by atoms with Gasteiger partial charge in [0.05, 0.1) is 18.5 Å². The summed E-state index contributed by atoms with van der Waals surface area (Å²) in [5.41, 5.74) is 0.890. The highest BCUT2D eigenvalue weighted by molar-refractivity contribution is 7.92. The number of ether oxygens (including phenoxy) is 1. The van der Waals surface area contributed by atoms with E-state index in [0.717, 1.165) is 6.07 Å². The van der Waals surface area contributed by atoms with Gasteiger partial charge in [-0.2, -0.15) is 0 Å². The van der Waals surface area contributed by atoms with Crippen molar-refractivity contribution in [1.29, 1.82) is 0 Å². The normalized spacial score (nSPS) is 14.9. The Labute approximate surface area is 197 Å². The van der Waals surface area contributed by atoms with Crippen LogP contribution in [-0.2, 0) is 22.9 Å². The number of pyridine rings is 1. The summed E-state index contributed by atoms with van der Waals surface area (Å²) in [5, 5.41) is 14.4. The van der Waals surface area contributed by atoms with Gasteiger partial charge in [0.25, 0.3) is 10.0 Å². The van der Waals surface area contributed by atoms with Crippen molar-refractivity contribution < 1.29 is 31.6 Å². The number of aryl methyl sites for hydroxylation is 2. The fourth-order valence-corrected chi connectivity index (χ4v) is 5.43. The van der Waals surface area contributed by atoms with E-state index in [4.69, 9.17) is 20.9 Å². The maximum Gasteiger partial charge on any atom is 0.265 e. The van der Waals surface area contributed by atoms with Crippen LogP contribution in [-0.4, -0.2) is 30.8 Å². The van der Waals surface area contributed by atoms with Gasteiger partial charge in [-0.15, -0.1) is 0 Å². The van der Waals surface area contributed by atoms with Crippen molar-refractivity contribution in [2.45, 2.75) is 24.2 Å². The number of methoxy groups -OCH3 is 1. The molecule has 0 fully saturated rings. The molecule has 2 aromatic carbocycles. The number of benzene rings is 2. The number of fused-ring (bicyclic) bond motifs is 5. The maximum atomic E-state index is 14.8. The van der Waals surface area contributed by atoms with Crippen LogP contribution in [0.5, 0.6) is 11.6 Å². The molecular formula is C22H16ClF2N3O5S. The molecule has 1 aliphatic heterocycles. The zero-order valence-electron chi connectivity index (χ0n) is 17.5. The minimum Gasteiger partial charge on any atom is -0.505 e. The first-order chi connectivity index (χ1) is 16.2. The monoisotopic (exact) mass is 507 g/mol. The van der Waals surface area contributed by atoms with Gasteiger partial charge >= 0.3 is 0 Å². The topological polar surface area (TPSA) is 115 Å². The third-order valence-electron chi connectivity index (χ3n) is 5.63. The van der Waals surface area contributed by atoms with Crippen LogP contribution in [0, 0.1) is 11.6 Å². The molecule has 0 aliphatic carbocycles. The molecule has 0 amide bonds. The van der Waals surface area contributed by atoms with Crippen molar-refractivity contribution in [2.75, 3.05) is 11.8 Å². The first kappa shape index (κ1) is 22.4.